The topological polar surface area (TPSA) is 84.6 Å². The number of hydrazine groups is 1. The van der Waals surface area contributed by atoms with Crippen molar-refractivity contribution in [3.8, 4) is 16.2 Å². The Morgan fingerprint density at radius 3 is 2.84 bits per heavy atom. The molecule has 0 amide bonds. The van der Waals surface area contributed by atoms with Gasteiger partial charge in [-0.2, -0.15) is 0 Å². The zero-order valence-electron chi connectivity index (χ0n) is 14.8. The SMILES string of the molecule is COc1cc(CNN)ccc1-c1sc2c(c1C(=O)O)CC(C)(C)CC2. The number of ether oxygens (including phenoxy) is 1. The standard InChI is InChI=1S/C19H24N2O3S/c1-19(2)7-6-15-13(9-19)16(18(22)23)17(25-15)12-5-4-11(10-21-20)8-14(12)24-3/h4-5,8,21H,6-7,9-10,20H2,1-3H3,(H,22,23). The van der Waals surface area contributed by atoms with Crippen LogP contribution in [0.5, 0.6) is 5.75 Å². The quantitative estimate of drug-likeness (QED) is 0.560. The number of fused-ring (bicyclic) bond motifs is 1. The summed E-state index contributed by atoms with van der Waals surface area (Å²) in [5, 5.41) is 9.88. The number of benzene rings is 1. The summed E-state index contributed by atoms with van der Waals surface area (Å²) < 4.78 is 5.54. The van der Waals surface area contributed by atoms with E-state index in [1.165, 1.54) is 4.88 Å². The Morgan fingerprint density at radius 1 is 1.44 bits per heavy atom. The van der Waals surface area contributed by atoms with E-state index in [0.29, 0.717) is 17.9 Å². The number of nitrogens with one attached hydrogen (secondary N) is 1. The molecule has 0 unspecified atom stereocenters. The minimum absolute atomic E-state index is 0.135. The second kappa shape index (κ2) is 6.78. The molecule has 1 aliphatic carbocycles. The predicted molar refractivity (Wildman–Crippen MR) is 100 cm³/mol. The maximum absolute atomic E-state index is 12.0. The van der Waals surface area contributed by atoms with Gasteiger partial charge in [-0.05, 0) is 47.9 Å². The monoisotopic (exact) mass is 360 g/mol. The van der Waals surface area contributed by atoms with Crippen LogP contribution in [0.15, 0.2) is 18.2 Å². The van der Waals surface area contributed by atoms with Crippen molar-refractivity contribution in [3.63, 3.8) is 0 Å². The van der Waals surface area contributed by atoms with E-state index in [2.05, 4.69) is 19.3 Å². The Bertz CT molecular complexity index is 811. The van der Waals surface area contributed by atoms with Crippen molar-refractivity contribution in [2.75, 3.05) is 7.11 Å². The summed E-state index contributed by atoms with van der Waals surface area (Å²) in [5.41, 5.74) is 6.02. The molecular formula is C19H24N2O3S. The van der Waals surface area contributed by atoms with Gasteiger partial charge in [0.25, 0.3) is 0 Å². The molecule has 0 fully saturated rings. The normalized spacial score (nSPS) is 15.7. The molecule has 0 atom stereocenters. The average Bonchev–Trinajstić information content (AvgIpc) is 2.92. The number of hydrogen-bond donors (Lipinski definition) is 3. The predicted octanol–water partition coefficient (Wildman–Crippen LogP) is 3.60. The molecule has 6 heteroatoms. The maximum Gasteiger partial charge on any atom is 0.337 e. The molecule has 1 heterocycles. The zero-order chi connectivity index (χ0) is 18.2. The average molecular weight is 360 g/mol. The van der Waals surface area contributed by atoms with E-state index in [0.717, 1.165) is 40.8 Å². The fraction of sp³-hybridized carbons (Fsp3) is 0.421. The summed E-state index contributed by atoms with van der Waals surface area (Å²) in [6.45, 7) is 4.93. The van der Waals surface area contributed by atoms with Crippen molar-refractivity contribution in [3.05, 3.63) is 39.8 Å². The molecule has 0 spiro atoms. The van der Waals surface area contributed by atoms with E-state index in [1.54, 1.807) is 18.4 Å². The summed E-state index contributed by atoms with van der Waals surface area (Å²) >= 11 is 1.59. The summed E-state index contributed by atoms with van der Waals surface area (Å²) in [6, 6.07) is 5.79. The maximum atomic E-state index is 12.0. The smallest absolute Gasteiger partial charge is 0.337 e. The van der Waals surface area contributed by atoms with Crippen LogP contribution in [-0.2, 0) is 19.4 Å². The van der Waals surface area contributed by atoms with Crippen LogP contribution in [-0.4, -0.2) is 18.2 Å². The number of carboxylic acid groups (broad SMARTS) is 1. The summed E-state index contributed by atoms with van der Waals surface area (Å²) in [5.74, 6) is 5.20. The van der Waals surface area contributed by atoms with E-state index < -0.39 is 5.97 Å². The lowest BCUT2D eigenvalue weighted by Gasteiger charge is -2.29. The lowest BCUT2D eigenvalue weighted by atomic mass is 9.76. The number of nitrogens with two attached hydrogens (primary N) is 1. The van der Waals surface area contributed by atoms with Gasteiger partial charge in [-0.15, -0.1) is 11.3 Å². The van der Waals surface area contributed by atoms with E-state index in [1.807, 2.05) is 18.2 Å². The Balaban J connectivity index is 2.15. The first-order chi connectivity index (χ1) is 11.9. The lowest BCUT2D eigenvalue weighted by Crippen LogP contribution is -2.22. The van der Waals surface area contributed by atoms with Crippen molar-refractivity contribution in [1.29, 1.82) is 0 Å². The van der Waals surface area contributed by atoms with Crippen molar-refractivity contribution in [1.82, 2.24) is 5.43 Å². The highest BCUT2D eigenvalue weighted by molar-refractivity contribution is 7.16. The van der Waals surface area contributed by atoms with Crippen molar-refractivity contribution < 1.29 is 14.6 Å². The summed E-state index contributed by atoms with van der Waals surface area (Å²) in [4.78, 5) is 14.0. The highest BCUT2D eigenvalue weighted by atomic mass is 32.1. The minimum Gasteiger partial charge on any atom is -0.496 e. The van der Waals surface area contributed by atoms with Gasteiger partial charge < -0.3 is 9.84 Å². The minimum atomic E-state index is -0.861. The van der Waals surface area contributed by atoms with Crippen LogP contribution in [0.25, 0.3) is 10.4 Å². The summed E-state index contributed by atoms with van der Waals surface area (Å²) in [6.07, 6.45) is 2.82. The molecule has 0 saturated carbocycles. The number of methoxy groups -OCH3 is 1. The molecule has 1 aliphatic rings. The van der Waals surface area contributed by atoms with Crippen molar-refractivity contribution in [2.24, 2.45) is 11.3 Å². The van der Waals surface area contributed by atoms with Gasteiger partial charge in [0.2, 0.25) is 0 Å². The van der Waals surface area contributed by atoms with Gasteiger partial charge in [0.05, 0.1) is 17.6 Å². The third kappa shape index (κ3) is 3.42. The zero-order valence-corrected chi connectivity index (χ0v) is 15.6. The second-order valence-corrected chi connectivity index (χ2v) is 8.37. The molecule has 4 N–H and O–H groups in total. The first-order valence-electron chi connectivity index (χ1n) is 8.35. The van der Waals surface area contributed by atoms with E-state index >= 15 is 0 Å². The van der Waals surface area contributed by atoms with Gasteiger partial charge in [-0.25, -0.2) is 4.79 Å². The molecule has 25 heavy (non-hydrogen) atoms. The third-order valence-corrected chi connectivity index (χ3v) is 6.13. The van der Waals surface area contributed by atoms with Crippen LogP contribution in [0.2, 0.25) is 0 Å². The molecule has 134 valence electrons. The Labute approximate surface area is 151 Å². The van der Waals surface area contributed by atoms with E-state index in [-0.39, 0.29) is 5.41 Å². The van der Waals surface area contributed by atoms with Crippen molar-refractivity contribution in [2.45, 2.75) is 39.7 Å². The fourth-order valence-electron chi connectivity index (χ4n) is 3.49. The number of hydrogen-bond acceptors (Lipinski definition) is 5. The Kier molecular flexibility index (Phi) is 4.86. The molecule has 0 bridgehead atoms. The molecule has 0 radical (unpaired) electrons. The number of carboxylic acids is 1. The Morgan fingerprint density at radius 2 is 2.20 bits per heavy atom. The molecular weight excluding hydrogens is 336 g/mol. The van der Waals surface area contributed by atoms with Crippen LogP contribution < -0.4 is 16.0 Å². The second-order valence-electron chi connectivity index (χ2n) is 7.27. The number of rotatable bonds is 5. The van der Waals surface area contributed by atoms with Gasteiger partial charge in [0.15, 0.2) is 0 Å². The van der Waals surface area contributed by atoms with Crippen LogP contribution in [0, 0.1) is 5.41 Å². The van der Waals surface area contributed by atoms with Gasteiger partial charge in [0.1, 0.15) is 5.75 Å². The number of thiophene rings is 1. The highest BCUT2D eigenvalue weighted by Gasteiger charge is 2.33. The van der Waals surface area contributed by atoms with Crippen molar-refractivity contribution >= 4 is 17.3 Å². The summed E-state index contributed by atoms with van der Waals surface area (Å²) in [7, 11) is 1.61. The molecule has 3 rings (SSSR count). The highest BCUT2D eigenvalue weighted by Crippen LogP contribution is 2.47. The fourth-order valence-corrected chi connectivity index (χ4v) is 4.83. The van der Waals surface area contributed by atoms with Gasteiger partial charge in [-0.3, -0.25) is 11.3 Å². The van der Waals surface area contributed by atoms with Crippen LogP contribution in [0.4, 0.5) is 0 Å². The van der Waals surface area contributed by atoms with E-state index in [9.17, 15) is 9.90 Å². The molecule has 0 aliphatic heterocycles. The molecule has 1 aromatic carbocycles. The first-order valence-corrected chi connectivity index (χ1v) is 9.16. The Hall–Kier alpha value is -1.89. The largest absolute Gasteiger partial charge is 0.496 e. The number of aryl methyl sites for hydroxylation is 1. The first kappa shape index (κ1) is 17.9. The molecule has 0 saturated heterocycles. The van der Waals surface area contributed by atoms with Gasteiger partial charge in [-0.1, -0.05) is 19.9 Å². The van der Waals surface area contributed by atoms with Crippen LogP contribution in [0.3, 0.4) is 0 Å². The van der Waals surface area contributed by atoms with Crippen LogP contribution >= 0.6 is 11.3 Å². The third-order valence-electron chi connectivity index (χ3n) is 4.81. The lowest BCUT2D eigenvalue weighted by molar-refractivity contribution is 0.0696. The number of aromatic carboxylic acids is 1. The molecule has 1 aromatic heterocycles. The van der Waals surface area contributed by atoms with Gasteiger partial charge >= 0.3 is 5.97 Å². The number of carbonyl (C=O) groups is 1. The molecule has 2 aromatic rings. The van der Waals surface area contributed by atoms with Gasteiger partial charge in [0, 0.05) is 17.0 Å². The molecule has 5 nitrogen and oxygen atoms in total. The van der Waals surface area contributed by atoms with E-state index in [4.69, 9.17) is 10.6 Å². The van der Waals surface area contributed by atoms with Crippen LogP contribution in [0.1, 0.15) is 46.6 Å².